The number of fused-ring (bicyclic) bond motifs is 1. The van der Waals surface area contributed by atoms with Gasteiger partial charge in [-0.25, -0.2) is 4.39 Å². The van der Waals surface area contributed by atoms with E-state index < -0.39 is 11.7 Å². The number of rotatable bonds is 8. The number of hydrogen-bond acceptors (Lipinski definition) is 8. The molecule has 0 bridgehead atoms. The van der Waals surface area contributed by atoms with Gasteiger partial charge in [-0.05, 0) is 29.2 Å². The number of halogens is 3. The van der Waals surface area contributed by atoms with Crippen LogP contribution in [-0.2, 0) is 4.74 Å². The summed E-state index contributed by atoms with van der Waals surface area (Å²) in [6, 6.07) is 11.1. The van der Waals surface area contributed by atoms with E-state index in [2.05, 4.69) is 53.4 Å². The van der Waals surface area contributed by atoms with Crippen molar-refractivity contribution < 1.29 is 10.5 Å². The Morgan fingerprint density at radius 3 is 2.72 bits per heavy atom. The van der Waals surface area contributed by atoms with Gasteiger partial charge in [0.1, 0.15) is 6.07 Å². The van der Waals surface area contributed by atoms with Crippen LogP contribution in [-0.4, -0.2) is 42.0 Å². The van der Waals surface area contributed by atoms with E-state index in [1.165, 1.54) is 6.20 Å². The van der Waals surface area contributed by atoms with Crippen molar-refractivity contribution in [2.75, 3.05) is 36.9 Å². The zero-order valence-corrected chi connectivity index (χ0v) is 23.3. The van der Waals surface area contributed by atoms with Gasteiger partial charge in [-0.15, -0.1) is 5.53 Å². The van der Waals surface area contributed by atoms with Crippen LogP contribution in [0.1, 0.15) is 39.3 Å². The van der Waals surface area contributed by atoms with Crippen molar-refractivity contribution in [2.24, 2.45) is 5.41 Å². The Bertz CT molecular complexity index is 1520. The number of nitriles is 1. The highest BCUT2D eigenvalue weighted by Crippen LogP contribution is 2.37. The molecule has 0 unspecified atom stereocenters. The van der Waals surface area contributed by atoms with E-state index in [-0.39, 0.29) is 25.2 Å². The molecule has 2 aliphatic heterocycles. The van der Waals surface area contributed by atoms with E-state index in [0.717, 1.165) is 0 Å². The third kappa shape index (κ3) is 5.99. The van der Waals surface area contributed by atoms with Gasteiger partial charge in [-0.1, -0.05) is 62.2 Å². The standard InChI is InChI=1S/C28H30Cl2FN7O/c1-27(2,3)13-34-24-17(10-32)11-33-25-20(24)8-18(9-22(25)30)35-26(19-6-4-5-7-21(19)29)23-12-38(37-36-23)14-28(31)15-39-16-28/h4-9,11-12,26,35-37H,13-16H2,1-3H3,(H,33,34)/t26-/m1/s1/i26D. The molecule has 0 spiro atoms. The van der Waals surface area contributed by atoms with Crippen molar-refractivity contribution in [2.45, 2.75) is 32.5 Å². The lowest BCUT2D eigenvalue weighted by atomic mass is 9.96. The van der Waals surface area contributed by atoms with E-state index in [9.17, 15) is 11.0 Å². The first-order valence-corrected chi connectivity index (χ1v) is 13.2. The Hall–Kier alpha value is -3.29. The lowest BCUT2D eigenvalue weighted by Crippen LogP contribution is -2.55. The van der Waals surface area contributed by atoms with E-state index in [4.69, 9.17) is 27.9 Å². The van der Waals surface area contributed by atoms with E-state index in [1.54, 1.807) is 41.5 Å². The maximum absolute atomic E-state index is 14.7. The van der Waals surface area contributed by atoms with Crippen molar-refractivity contribution in [1.82, 2.24) is 21.0 Å². The Labute approximate surface area is 238 Å². The van der Waals surface area contributed by atoms with Crippen molar-refractivity contribution in [3.8, 4) is 6.07 Å². The van der Waals surface area contributed by atoms with Gasteiger partial charge in [0.2, 0.25) is 0 Å². The fourth-order valence-corrected chi connectivity index (χ4v) is 4.83. The molecule has 11 heteroatoms. The highest BCUT2D eigenvalue weighted by molar-refractivity contribution is 6.36. The summed E-state index contributed by atoms with van der Waals surface area (Å²) in [5.74, 6) is 0. The number of benzene rings is 2. The topological polar surface area (TPSA) is 97.3 Å². The number of aromatic nitrogens is 1. The van der Waals surface area contributed by atoms with Gasteiger partial charge >= 0.3 is 0 Å². The summed E-state index contributed by atoms with van der Waals surface area (Å²) in [5.41, 5.74) is 7.27. The molecule has 2 aliphatic rings. The summed E-state index contributed by atoms with van der Waals surface area (Å²) in [4.78, 5) is 4.43. The molecule has 1 saturated heterocycles. The van der Waals surface area contributed by atoms with Gasteiger partial charge in [-0.3, -0.25) is 9.99 Å². The number of hydrogen-bond donors (Lipinski definition) is 4. The molecular formula is C28H30Cl2FN7O. The zero-order chi connectivity index (χ0) is 28.7. The van der Waals surface area contributed by atoms with Crippen LogP contribution in [0, 0.1) is 16.7 Å². The molecule has 1 atom stereocenters. The van der Waals surface area contributed by atoms with Crippen LogP contribution in [0.4, 0.5) is 15.8 Å². The Morgan fingerprint density at radius 1 is 1.28 bits per heavy atom. The number of nitrogens with zero attached hydrogens (tertiary/aromatic N) is 3. The summed E-state index contributed by atoms with van der Waals surface area (Å²) < 4.78 is 29.4. The SMILES string of the molecule is [2H][C@](Nc1cc(Cl)c2ncc(C#N)c(NCC(C)(C)C)c2c1)(C1=CN(CC2(F)COC2)NN1)c1ccccc1Cl. The molecule has 1 aromatic heterocycles. The van der Waals surface area contributed by atoms with Crippen molar-refractivity contribution in [3.05, 3.63) is 75.7 Å². The second-order valence-electron chi connectivity index (χ2n) is 11.0. The summed E-state index contributed by atoms with van der Waals surface area (Å²) in [7, 11) is 0. The van der Waals surface area contributed by atoms with E-state index >= 15 is 0 Å². The third-order valence-electron chi connectivity index (χ3n) is 6.32. The summed E-state index contributed by atoms with van der Waals surface area (Å²) >= 11 is 13.3. The predicted molar refractivity (Wildman–Crippen MR) is 153 cm³/mol. The van der Waals surface area contributed by atoms with Crippen LogP contribution in [0.2, 0.25) is 10.0 Å². The van der Waals surface area contributed by atoms with Gasteiger partial charge in [0.05, 0.1) is 54.6 Å². The largest absolute Gasteiger partial charge is 0.383 e. The van der Waals surface area contributed by atoms with Crippen LogP contribution < -0.4 is 21.6 Å². The molecule has 39 heavy (non-hydrogen) atoms. The maximum atomic E-state index is 14.7. The molecule has 8 nitrogen and oxygen atoms in total. The molecule has 2 aromatic carbocycles. The number of pyridine rings is 1. The lowest BCUT2D eigenvalue weighted by Gasteiger charge is -2.36. The average molecular weight is 572 g/mol. The van der Waals surface area contributed by atoms with Crippen molar-refractivity contribution in [1.29, 1.82) is 5.26 Å². The minimum Gasteiger partial charge on any atom is -0.383 e. The monoisotopic (exact) mass is 570 g/mol. The fraction of sp³-hybridized carbons (Fsp3) is 0.357. The quantitative estimate of drug-likeness (QED) is 0.264. The van der Waals surface area contributed by atoms with E-state index in [1.807, 2.05) is 6.07 Å². The molecule has 0 saturated carbocycles. The minimum absolute atomic E-state index is 0.0169. The smallest absolute Gasteiger partial charge is 0.176 e. The van der Waals surface area contributed by atoms with Crippen molar-refractivity contribution in [3.63, 3.8) is 0 Å². The maximum Gasteiger partial charge on any atom is 0.176 e. The lowest BCUT2D eigenvalue weighted by molar-refractivity contribution is -0.140. The average Bonchev–Trinajstić information content (AvgIpc) is 3.35. The highest BCUT2D eigenvalue weighted by atomic mass is 35.5. The van der Waals surface area contributed by atoms with Gasteiger partial charge in [0.25, 0.3) is 0 Å². The van der Waals surface area contributed by atoms with Gasteiger partial charge in [0, 0.05) is 35.0 Å². The highest BCUT2D eigenvalue weighted by Gasteiger charge is 2.41. The number of alkyl halides is 1. The molecule has 0 amide bonds. The summed E-state index contributed by atoms with van der Waals surface area (Å²) in [5, 5.41) is 19.4. The van der Waals surface area contributed by atoms with Crippen LogP contribution in [0.15, 0.2) is 54.5 Å². The first kappa shape index (κ1) is 26.0. The second-order valence-corrected chi connectivity index (χ2v) is 11.8. The summed E-state index contributed by atoms with van der Waals surface area (Å²) in [6.07, 6.45) is 3.14. The predicted octanol–water partition coefficient (Wildman–Crippen LogP) is 5.93. The molecule has 0 radical (unpaired) electrons. The van der Waals surface area contributed by atoms with Gasteiger partial charge in [-0.2, -0.15) is 5.26 Å². The second kappa shape index (κ2) is 10.7. The fourth-order valence-electron chi connectivity index (χ4n) is 4.33. The Balaban J connectivity index is 1.58. The van der Waals surface area contributed by atoms with Gasteiger partial charge in [0.15, 0.2) is 5.67 Å². The zero-order valence-electron chi connectivity index (χ0n) is 22.8. The number of nitrogens with one attached hydrogen (secondary N) is 4. The number of ether oxygens (including phenoxy) is 1. The molecular weight excluding hydrogens is 540 g/mol. The minimum atomic E-state index is -1.64. The third-order valence-corrected chi connectivity index (χ3v) is 6.93. The first-order valence-electron chi connectivity index (χ1n) is 13.0. The van der Waals surface area contributed by atoms with Crippen LogP contribution >= 0.6 is 23.2 Å². The molecule has 204 valence electrons. The number of hydrazine groups is 2. The Morgan fingerprint density at radius 2 is 2.05 bits per heavy atom. The molecule has 3 heterocycles. The summed E-state index contributed by atoms with van der Waals surface area (Å²) in [6.45, 7) is 6.96. The van der Waals surface area contributed by atoms with Crippen LogP contribution in [0.5, 0.6) is 0 Å². The van der Waals surface area contributed by atoms with Crippen molar-refractivity contribution >= 4 is 45.5 Å². The Kier molecular flexibility index (Phi) is 7.12. The molecule has 3 aromatic rings. The molecule has 4 N–H and O–H groups in total. The number of anilines is 2. The van der Waals surface area contributed by atoms with Crippen LogP contribution in [0.3, 0.4) is 0 Å². The molecule has 5 rings (SSSR count). The van der Waals surface area contributed by atoms with Crippen LogP contribution in [0.25, 0.3) is 10.9 Å². The molecule has 1 fully saturated rings. The normalized spacial score (nSPS) is 18.3. The molecule has 0 aliphatic carbocycles. The first-order chi connectivity index (χ1) is 18.9. The van der Waals surface area contributed by atoms with E-state index in [0.29, 0.717) is 55.7 Å². The van der Waals surface area contributed by atoms with Gasteiger partial charge < -0.3 is 20.8 Å².